The van der Waals surface area contributed by atoms with Crippen molar-refractivity contribution in [3.05, 3.63) is 59.4 Å². The first-order chi connectivity index (χ1) is 15.8. The average molecular weight is 481 g/mol. The van der Waals surface area contributed by atoms with Gasteiger partial charge in [-0.05, 0) is 68.9 Å². The largest absolute Gasteiger partial charge is 0.491 e. The second-order valence-corrected chi connectivity index (χ2v) is 9.06. The van der Waals surface area contributed by atoms with Gasteiger partial charge in [-0.3, -0.25) is 10.1 Å². The van der Waals surface area contributed by atoms with E-state index in [4.69, 9.17) is 17.0 Å². The summed E-state index contributed by atoms with van der Waals surface area (Å²) < 4.78 is 7.39. The maximum absolute atomic E-state index is 12.6. The molecule has 0 aliphatic heterocycles. The van der Waals surface area contributed by atoms with Crippen molar-refractivity contribution in [2.75, 3.05) is 5.32 Å². The highest BCUT2D eigenvalue weighted by molar-refractivity contribution is 7.80. The smallest absolute Gasteiger partial charge is 0.257 e. The number of rotatable bonds is 6. The Morgan fingerprint density at radius 3 is 2.64 bits per heavy atom. The first kappa shape index (κ1) is 22.8. The summed E-state index contributed by atoms with van der Waals surface area (Å²) in [5, 5.41) is 19.9. The predicted molar refractivity (Wildman–Crippen MR) is 134 cm³/mol. The van der Waals surface area contributed by atoms with Crippen LogP contribution >= 0.6 is 23.6 Å². The maximum Gasteiger partial charge on any atom is 0.257 e. The van der Waals surface area contributed by atoms with E-state index in [0.29, 0.717) is 11.3 Å². The minimum Gasteiger partial charge on any atom is -0.491 e. The van der Waals surface area contributed by atoms with Crippen molar-refractivity contribution in [3.63, 3.8) is 0 Å². The number of ether oxygens (including phenoxy) is 1. The van der Waals surface area contributed by atoms with Crippen molar-refractivity contribution in [1.82, 2.24) is 25.1 Å². The standard InChI is InChI=1S/C23H24N6O2S2/c1-5-19-26-27-23-29(19)28-21(33-23)16-7-6-14(4)18(12-16)24-22(32)25-20(30)15-8-10-17(11-9-15)31-13(2)3/h6-13H,5H2,1-4H3,(H2,24,25,30,32). The van der Waals surface area contributed by atoms with Gasteiger partial charge in [0.05, 0.1) is 6.10 Å². The van der Waals surface area contributed by atoms with Crippen LogP contribution in [0.3, 0.4) is 0 Å². The third-order valence-corrected chi connectivity index (χ3v) is 5.97. The van der Waals surface area contributed by atoms with Gasteiger partial charge in [0.2, 0.25) is 4.96 Å². The Hall–Kier alpha value is -3.37. The highest BCUT2D eigenvalue weighted by Crippen LogP contribution is 2.29. The predicted octanol–water partition coefficient (Wildman–Crippen LogP) is 4.64. The summed E-state index contributed by atoms with van der Waals surface area (Å²) >= 11 is 6.85. The molecule has 0 saturated heterocycles. The summed E-state index contributed by atoms with van der Waals surface area (Å²) in [7, 11) is 0. The number of nitrogens with one attached hydrogen (secondary N) is 2. The van der Waals surface area contributed by atoms with Crippen molar-refractivity contribution in [3.8, 4) is 16.3 Å². The van der Waals surface area contributed by atoms with Crippen molar-refractivity contribution in [2.24, 2.45) is 0 Å². The summed E-state index contributed by atoms with van der Waals surface area (Å²) in [5.41, 5.74) is 3.20. The van der Waals surface area contributed by atoms with Crippen LogP contribution in [-0.4, -0.2) is 36.9 Å². The number of anilines is 1. The fourth-order valence-electron chi connectivity index (χ4n) is 3.17. The molecule has 2 N–H and O–H groups in total. The lowest BCUT2D eigenvalue weighted by Crippen LogP contribution is -2.34. The third-order valence-electron chi connectivity index (χ3n) is 4.82. The van der Waals surface area contributed by atoms with E-state index >= 15 is 0 Å². The van der Waals surface area contributed by atoms with Crippen LogP contribution in [0.1, 0.15) is 42.5 Å². The number of aryl methyl sites for hydroxylation is 2. The van der Waals surface area contributed by atoms with Gasteiger partial charge in [-0.15, -0.1) is 10.2 Å². The molecule has 0 radical (unpaired) electrons. The molecule has 4 aromatic rings. The molecule has 4 rings (SSSR count). The second-order valence-electron chi connectivity index (χ2n) is 7.70. The second kappa shape index (κ2) is 9.63. The summed E-state index contributed by atoms with van der Waals surface area (Å²) in [4.78, 5) is 13.3. The van der Waals surface area contributed by atoms with Crippen LogP contribution < -0.4 is 15.4 Å². The normalized spacial score (nSPS) is 11.1. The summed E-state index contributed by atoms with van der Waals surface area (Å²) in [6.45, 7) is 7.89. The molecule has 0 fully saturated rings. The lowest BCUT2D eigenvalue weighted by atomic mass is 10.1. The molecule has 0 saturated carbocycles. The molecule has 2 aromatic carbocycles. The van der Waals surface area contributed by atoms with Crippen LogP contribution in [0.5, 0.6) is 5.75 Å². The molecule has 2 aromatic heterocycles. The Bertz CT molecular complexity index is 1310. The zero-order valence-corrected chi connectivity index (χ0v) is 20.4. The minimum absolute atomic E-state index is 0.0701. The zero-order chi connectivity index (χ0) is 23.5. The van der Waals surface area contributed by atoms with Gasteiger partial charge in [0.1, 0.15) is 10.8 Å². The van der Waals surface area contributed by atoms with Crippen molar-refractivity contribution >= 4 is 45.2 Å². The number of nitrogens with zero attached hydrogens (tertiary/aromatic N) is 4. The van der Waals surface area contributed by atoms with E-state index in [1.165, 1.54) is 11.3 Å². The minimum atomic E-state index is -0.293. The van der Waals surface area contributed by atoms with Gasteiger partial charge >= 0.3 is 0 Å². The molecule has 0 bridgehead atoms. The number of fused-ring (bicyclic) bond motifs is 1. The summed E-state index contributed by atoms with van der Waals surface area (Å²) in [6.07, 6.45) is 0.826. The fraction of sp³-hybridized carbons (Fsp3) is 0.261. The monoisotopic (exact) mass is 480 g/mol. The first-order valence-electron chi connectivity index (χ1n) is 10.5. The average Bonchev–Trinajstić information content (AvgIpc) is 3.36. The van der Waals surface area contributed by atoms with Crippen LogP contribution in [0.4, 0.5) is 5.69 Å². The molecular weight excluding hydrogens is 456 g/mol. The Kier molecular flexibility index (Phi) is 6.66. The van der Waals surface area contributed by atoms with Crippen molar-refractivity contribution in [1.29, 1.82) is 0 Å². The van der Waals surface area contributed by atoms with E-state index in [1.54, 1.807) is 28.8 Å². The fourth-order valence-corrected chi connectivity index (χ4v) is 4.23. The number of amides is 1. The van der Waals surface area contributed by atoms with E-state index in [9.17, 15) is 4.79 Å². The first-order valence-corrected chi connectivity index (χ1v) is 11.8. The molecule has 33 heavy (non-hydrogen) atoms. The zero-order valence-electron chi connectivity index (χ0n) is 18.7. The SMILES string of the molecule is CCc1nnc2sc(-c3ccc(C)c(NC(=S)NC(=O)c4ccc(OC(C)C)cc4)c3)nn12. The molecule has 2 heterocycles. The molecule has 0 atom stereocenters. The maximum atomic E-state index is 12.6. The number of thiocarbonyl (C=S) groups is 1. The van der Waals surface area contributed by atoms with Gasteiger partial charge in [0.25, 0.3) is 5.91 Å². The lowest BCUT2D eigenvalue weighted by Gasteiger charge is -2.13. The van der Waals surface area contributed by atoms with Gasteiger partial charge in [0, 0.05) is 23.2 Å². The van der Waals surface area contributed by atoms with Gasteiger partial charge in [-0.1, -0.05) is 30.4 Å². The molecule has 1 amide bonds. The molecule has 0 aliphatic carbocycles. The Morgan fingerprint density at radius 1 is 1.18 bits per heavy atom. The van der Waals surface area contributed by atoms with Gasteiger partial charge in [0.15, 0.2) is 10.9 Å². The number of aromatic nitrogens is 4. The van der Waals surface area contributed by atoms with Crippen LogP contribution in [0, 0.1) is 6.92 Å². The number of benzene rings is 2. The highest BCUT2D eigenvalue weighted by atomic mass is 32.1. The van der Waals surface area contributed by atoms with Gasteiger partial charge in [-0.25, -0.2) is 0 Å². The van der Waals surface area contributed by atoms with Crippen LogP contribution in [-0.2, 0) is 6.42 Å². The summed E-state index contributed by atoms with van der Waals surface area (Å²) in [6, 6.07) is 12.9. The molecule has 0 unspecified atom stereocenters. The summed E-state index contributed by atoms with van der Waals surface area (Å²) in [5.74, 6) is 1.25. The van der Waals surface area contributed by atoms with E-state index in [-0.39, 0.29) is 17.1 Å². The molecule has 0 aliphatic rings. The molecular formula is C23H24N6O2S2. The number of carbonyl (C=O) groups excluding carboxylic acids is 1. The van der Waals surface area contributed by atoms with Crippen LogP contribution in [0.25, 0.3) is 15.5 Å². The van der Waals surface area contributed by atoms with Crippen molar-refractivity contribution in [2.45, 2.75) is 40.2 Å². The van der Waals surface area contributed by atoms with Gasteiger partial charge < -0.3 is 10.1 Å². The highest BCUT2D eigenvalue weighted by Gasteiger charge is 2.14. The molecule has 0 spiro atoms. The molecule has 8 nitrogen and oxygen atoms in total. The van der Waals surface area contributed by atoms with E-state index in [0.717, 1.165) is 39.0 Å². The van der Waals surface area contributed by atoms with Crippen LogP contribution in [0.2, 0.25) is 0 Å². The van der Waals surface area contributed by atoms with Crippen LogP contribution in [0.15, 0.2) is 42.5 Å². The quantitative estimate of drug-likeness (QED) is 0.388. The number of hydrogen-bond donors (Lipinski definition) is 2. The van der Waals surface area contributed by atoms with Crippen molar-refractivity contribution < 1.29 is 9.53 Å². The third kappa shape index (κ3) is 5.18. The van der Waals surface area contributed by atoms with E-state index in [2.05, 4.69) is 25.9 Å². The Labute approximate surface area is 201 Å². The Morgan fingerprint density at radius 2 is 1.94 bits per heavy atom. The molecule has 170 valence electrons. The van der Waals surface area contributed by atoms with Gasteiger partial charge in [-0.2, -0.15) is 9.61 Å². The van der Waals surface area contributed by atoms with E-state index < -0.39 is 0 Å². The number of hydrogen-bond acceptors (Lipinski definition) is 7. The molecule has 10 heteroatoms. The Balaban J connectivity index is 1.46. The lowest BCUT2D eigenvalue weighted by molar-refractivity contribution is 0.0977. The number of carbonyl (C=O) groups is 1. The van der Waals surface area contributed by atoms with E-state index in [1.807, 2.05) is 45.9 Å². The topological polar surface area (TPSA) is 93.4 Å².